The molecule has 0 aromatic heterocycles. The number of carbonyl (C=O) groups is 2. The highest BCUT2D eigenvalue weighted by atomic mass is 16.5. The average molecular weight is 244 g/mol. The normalized spacial score (nSPS) is 22.5. The number of methoxy groups -OCH3 is 1. The van der Waals surface area contributed by atoms with Gasteiger partial charge < -0.3 is 4.74 Å². The third-order valence-electron chi connectivity index (χ3n) is 3.33. The lowest BCUT2D eigenvalue weighted by atomic mass is 9.78. The molecular weight excluding hydrogens is 228 g/mol. The summed E-state index contributed by atoms with van der Waals surface area (Å²) < 4.78 is 4.78. The lowest BCUT2D eigenvalue weighted by molar-refractivity contribution is -0.146. The van der Waals surface area contributed by atoms with E-state index >= 15 is 0 Å². The Morgan fingerprint density at radius 3 is 2.28 bits per heavy atom. The molecule has 0 heterocycles. The zero-order valence-electron chi connectivity index (χ0n) is 10.3. The Bertz CT molecular complexity index is 462. The number of benzene rings is 1. The van der Waals surface area contributed by atoms with Gasteiger partial charge in [0.25, 0.3) is 0 Å². The minimum Gasteiger partial charge on any atom is -0.469 e. The van der Waals surface area contributed by atoms with E-state index in [1.54, 1.807) is 12.1 Å². The van der Waals surface area contributed by atoms with Crippen molar-refractivity contribution >= 4 is 11.8 Å². The van der Waals surface area contributed by atoms with E-state index in [0.717, 1.165) is 0 Å². The van der Waals surface area contributed by atoms with Gasteiger partial charge in [0.2, 0.25) is 0 Å². The van der Waals surface area contributed by atoms with E-state index < -0.39 is 0 Å². The van der Waals surface area contributed by atoms with Crippen LogP contribution in [0.5, 0.6) is 0 Å². The predicted molar refractivity (Wildman–Crippen MR) is 68.1 cm³/mol. The van der Waals surface area contributed by atoms with Crippen molar-refractivity contribution in [2.24, 2.45) is 11.8 Å². The summed E-state index contributed by atoms with van der Waals surface area (Å²) in [7, 11) is 1.37. The molecule has 3 nitrogen and oxygen atoms in total. The fourth-order valence-electron chi connectivity index (χ4n) is 2.33. The van der Waals surface area contributed by atoms with Crippen LogP contribution < -0.4 is 0 Å². The van der Waals surface area contributed by atoms with Crippen LogP contribution in [0.4, 0.5) is 0 Å². The summed E-state index contributed by atoms with van der Waals surface area (Å²) in [6, 6.07) is 9.11. The number of hydrogen-bond donors (Lipinski definition) is 0. The maximum Gasteiger partial charge on any atom is 0.309 e. The SMILES string of the molecule is COC(=O)[C@@H]1CC=CC[C@H]1C(=O)c1ccccc1. The molecule has 2 rings (SSSR count). The zero-order valence-corrected chi connectivity index (χ0v) is 10.3. The van der Waals surface area contributed by atoms with Gasteiger partial charge in [0, 0.05) is 11.5 Å². The van der Waals surface area contributed by atoms with Crippen LogP contribution in [-0.2, 0) is 9.53 Å². The first kappa shape index (κ1) is 12.6. The summed E-state index contributed by atoms with van der Waals surface area (Å²) in [5.41, 5.74) is 0.659. The number of Topliss-reactive ketones (excluding diaryl/α,β-unsaturated/α-hetero) is 1. The van der Waals surface area contributed by atoms with Gasteiger partial charge in [-0.15, -0.1) is 0 Å². The van der Waals surface area contributed by atoms with Crippen molar-refractivity contribution < 1.29 is 14.3 Å². The van der Waals surface area contributed by atoms with Gasteiger partial charge in [-0.05, 0) is 12.8 Å². The molecule has 0 N–H and O–H groups in total. The maximum absolute atomic E-state index is 12.4. The molecule has 0 radical (unpaired) electrons. The molecule has 1 aromatic rings. The average Bonchev–Trinajstić information content (AvgIpc) is 2.46. The minimum absolute atomic E-state index is 0.0235. The van der Waals surface area contributed by atoms with E-state index in [2.05, 4.69) is 0 Å². The van der Waals surface area contributed by atoms with Gasteiger partial charge in [-0.1, -0.05) is 42.5 Å². The van der Waals surface area contributed by atoms with Crippen molar-refractivity contribution in [1.29, 1.82) is 0 Å². The van der Waals surface area contributed by atoms with Crippen LogP contribution in [-0.4, -0.2) is 18.9 Å². The van der Waals surface area contributed by atoms with Crippen LogP contribution in [0.2, 0.25) is 0 Å². The van der Waals surface area contributed by atoms with E-state index in [4.69, 9.17) is 4.74 Å². The van der Waals surface area contributed by atoms with Crippen molar-refractivity contribution in [1.82, 2.24) is 0 Å². The molecule has 0 aliphatic heterocycles. The number of carbonyl (C=O) groups excluding carboxylic acids is 2. The number of allylic oxidation sites excluding steroid dienone is 2. The third kappa shape index (κ3) is 2.50. The number of rotatable bonds is 3. The summed E-state index contributed by atoms with van der Waals surface area (Å²) in [6.45, 7) is 0. The second-order valence-electron chi connectivity index (χ2n) is 4.41. The first-order valence-electron chi connectivity index (χ1n) is 6.06. The van der Waals surface area contributed by atoms with Gasteiger partial charge in [0.15, 0.2) is 5.78 Å². The summed E-state index contributed by atoms with van der Waals surface area (Å²) >= 11 is 0. The van der Waals surface area contributed by atoms with Crippen LogP contribution >= 0.6 is 0 Å². The molecule has 0 fully saturated rings. The molecule has 2 atom stereocenters. The highest BCUT2D eigenvalue weighted by molar-refractivity contribution is 6.00. The second-order valence-corrected chi connectivity index (χ2v) is 4.41. The van der Waals surface area contributed by atoms with Gasteiger partial charge in [0.05, 0.1) is 13.0 Å². The molecule has 1 aromatic carbocycles. The van der Waals surface area contributed by atoms with E-state index in [9.17, 15) is 9.59 Å². The topological polar surface area (TPSA) is 43.4 Å². The van der Waals surface area contributed by atoms with Gasteiger partial charge in [-0.3, -0.25) is 9.59 Å². The molecule has 0 unspecified atom stereocenters. The van der Waals surface area contributed by atoms with E-state index in [-0.39, 0.29) is 23.6 Å². The van der Waals surface area contributed by atoms with Crippen molar-refractivity contribution in [3.05, 3.63) is 48.0 Å². The molecule has 3 heteroatoms. The van der Waals surface area contributed by atoms with Crippen LogP contribution in [0, 0.1) is 11.8 Å². The Kier molecular flexibility index (Phi) is 3.92. The van der Waals surface area contributed by atoms with Gasteiger partial charge in [-0.2, -0.15) is 0 Å². The fraction of sp³-hybridized carbons (Fsp3) is 0.333. The standard InChI is InChI=1S/C15H16O3/c1-18-15(17)13-10-6-5-9-12(13)14(16)11-7-3-2-4-8-11/h2-8,12-13H,9-10H2,1H3/t12-,13-/m1/s1. The number of esters is 1. The van der Waals surface area contributed by atoms with E-state index in [1.165, 1.54) is 7.11 Å². The minimum atomic E-state index is -0.354. The molecule has 0 bridgehead atoms. The van der Waals surface area contributed by atoms with Gasteiger partial charge in [0.1, 0.15) is 0 Å². The first-order valence-corrected chi connectivity index (χ1v) is 6.06. The van der Waals surface area contributed by atoms with Crippen LogP contribution in [0.1, 0.15) is 23.2 Å². The smallest absolute Gasteiger partial charge is 0.309 e. The van der Waals surface area contributed by atoms with E-state index in [1.807, 2.05) is 30.4 Å². The third-order valence-corrected chi connectivity index (χ3v) is 3.33. The summed E-state index contributed by atoms with van der Waals surface area (Å²) in [5.74, 6) is -0.929. The Hall–Kier alpha value is -1.90. The fourth-order valence-corrected chi connectivity index (χ4v) is 2.33. The number of hydrogen-bond acceptors (Lipinski definition) is 3. The van der Waals surface area contributed by atoms with Crippen molar-refractivity contribution in [3.8, 4) is 0 Å². The monoisotopic (exact) mass is 244 g/mol. The van der Waals surface area contributed by atoms with Crippen molar-refractivity contribution in [2.45, 2.75) is 12.8 Å². The molecular formula is C15H16O3. The lowest BCUT2D eigenvalue weighted by Gasteiger charge is -2.25. The van der Waals surface area contributed by atoms with Crippen LogP contribution in [0.25, 0.3) is 0 Å². The van der Waals surface area contributed by atoms with Crippen molar-refractivity contribution in [3.63, 3.8) is 0 Å². The Morgan fingerprint density at radius 1 is 1.06 bits per heavy atom. The Morgan fingerprint density at radius 2 is 1.67 bits per heavy atom. The molecule has 0 spiro atoms. The number of ketones is 1. The highest BCUT2D eigenvalue weighted by Crippen LogP contribution is 2.29. The second kappa shape index (κ2) is 5.63. The maximum atomic E-state index is 12.4. The van der Waals surface area contributed by atoms with Crippen LogP contribution in [0.15, 0.2) is 42.5 Å². The van der Waals surface area contributed by atoms with Gasteiger partial charge >= 0.3 is 5.97 Å². The van der Waals surface area contributed by atoms with Gasteiger partial charge in [-0.25, -0.2) is 0 Å². The summed E-state index contributed by atoms with van der Waals surface area (Å²) in [6.07, 6.45) is 5.09. The first-order chi connectivity index (χ1) is 8.74. The zero-order chi connectivity index (χ0) is 13.0. The summed E-state index contributed by atoms with van der Waals surface area (Å²) in [4.78, 5) is 24.1. The largest absolute Gasteiger partial charge is 0.469 e. The predicted octanol–water partition coefficient (Wildman–Crippen LogP) is 2.62. The quantitative estimate of drug-likeness (QED) is 0.466. The molecule has 0 saturated carbocycles. The van der Waals surface area contributed by atoms with Crippen LogP contribution in [0.3, 0.4) is 0 Å². The van der Waals surface area contributed by atoms with E-state index in [0.29, 0.717) is 18.4 Å². The summed E-state index contributed by atoms with van der Waals surface area (Å²) in [5, 5.41) is 0. The van der Waals surface area contributed by atoms with Crippen molar-refractivity contribution in [2.75, 3.05) is 7.11 Å². The molecule has 0 saturated heterocycles. The molecule has 1 aliphatic carbocycles. The lowest BCUT2D eigenvalue weighted by Crippen LogP contribution is -2.32. The molecule has 18 heavy (non-hydrogen) atoms. The Labute approximate surface area is 106 Å². The molecule has 0 amide bonds. The highest BCUT2D eigenvalue weighted by Gasteiger charge is 2.34. The Balaban J connectivity index is 2.22. The molecule has 94 valence electrons. The molecule has 1 aliphatic rings. The number of ether oxygens (including phenoxy) is 1.